The number of thioether (sulfide) groups is 1. The molecule has 5 heteroatoms. The summed E-state index contributed by atoms with van der Waals surface area (Å²) in [5, 5.41) is 8.80. The van der Waals surface area contributed by atoms with Gasteiger partial charge in [0.25, 0.3) is 0 Å². The van der Waals surface area contributed by atoms with Crippen molar-refractivity contribution in [3.8, 4) is 0 Å². The molecule has 1 aromatic rings. The van der Waals surface area contributed by atoms with E-state index >= 15 is 0 Å². The molecule has 0 bridgehead atoms. The Labute approximate surface area is 106 Å². The number of aromatic nitrogens is 3. The van der Waals surface area contributed by atoms with Crippen LogP contribution in [0.1, 0.15) is 45.5 Å². The Morgan fingerprint density at radius 3 is 2.69 bits per heavy atom. The number of halogens is 1. The molecule has 1 aromatic heterocycles. The molecule has 2 heterocycles. The van der Waals surface area contributed by atoms with Crippen molar-refractivity contribution in [1.82, 2.24) is 14.8 Å². The van der Waals surface area contributed by atoms with Gasteiger partial charge in [0, 0.05) is 17.2 Å². The molecular weight excluding hydrogens is 242 g/mol. The highest BCUT2D eigenvalue weighted by Crippen LogP contribution is 2.33. The van der Waals surface area contributed by atoms with Gasteiger partial charge in [-0.05, 0) is 30.2 Å². The van der Waals surface area contributed by atoms with Crippen LogP contribution in [0.4, 0.5) is 0 Å². The van der Waals surface area contributed by atoms with Gasteiger partial charge >= 0.3 is 0 Å². The molecule has 1 fully saturated rings. The maximum absolute atomic E-state index is 6.16. The van der Waals surface area contributed by atoms with Crippen molar-refractivity contribution in [3.05, 3.63) is 11.1 Å². The predicted molar refractivity (Wildman–Crippen MR) is 69.3 cm³/mol. The molecule has 0 saturated carbocycles. The Balaban J connectivity index is 2.34. The first-order valence-electron chi connectivity index (χ1n) is 5.69. The summed E-state index contributed by atoms with van der Waals surface area (Å²) in [7, 11) is 0. The Morgan fingerprint density at radius 1 is 1.38 bits per heavy atom. The molecule has 3 nitrogen and oxygen atoms in total. The minimum atomic E-state index is 0.00224. The molecule has 0 amide bonds. The molecule has 0 aromatic carbocycles. The average molecular weight is 260 g/mol. The van der Waals surface area contributed by atoms with Crippen LogP contribution >= 0.6 is 23.4 Å². The Kier molecular flexibility index (Phi) is 3.50. The maximum Gasteiger partial charge on any atom is 0.225 e. The summed E-state index contributed by atoms with van der Waals surface area (Å²) >= 11 is 8.16. The fraction of sp³-hybridized carbons (Fsp3) is 0.818. The van der Waals surface area contributed by atoms with Crippen molar-refractivity contribution in [2.45, 2.75) is 45.1 Å². The molecule has 0 spiro atoms. The second kappa shape index (κ2) is 4.57. The molecule has 1 unspecified atom stereocenters. The van der Waals surface area contributed by atoms with E-state index in [4.69, 9.17) is 11.6 Å². The monoisotopic (exact) mass is 259 g/mol. The molecule has 90 valence electrons. The van der Waals surface area contributed by atoms with E-state index in [1.165, 1.54) is 18.6 Å². The fourth-order valence-electron chi connectivity index (χ4n) is 2.03. The summed E-state index contributed by atoms with van der Waals surface area (Å²) in [4.78, 5) is 0. The highest BCUT2D eigenvalue weighted by atomic mass is 35.5. The van der Waals surface area contributed by atoms with Gasteiger partial charge in [0.2, 0.25) is 5.28 Å². The Bertz CT molecular complexity index is 364. The van der Waals surface area contributed by atoms with Crippen LogP contribution in [0.25, 0.3) is 0 Å². The van der Waals surface area contributed by atoms with Crippen LogP contribution < -0.4 is 0 Å². The van der Waals surface area contributed by atoms with E-state index in [0.717, 1.165) is 11.6 Å². The predicted octanol–water partition coefficient (Wildman–Crippen LogP) is 3.30. The van der Waals surface area contributed by atoms with Gasteiger partial charge in [-0.2, -0.15) is 11.8 Å². The molecule has 1 atom stereocenters. The van der Waals surface area contributed by atoms with Crippen molar-refractivity contribution in [3.63, 3.8) is 0 Å². The number of nitrogens with zero attached hydrogens (tertiary/aromatic N) is 3. The van der Waals surface area contributed by atoms with Crippen LogP contribution in [0.15, 0.2) is 0 Å². The summed E-state index contributed by atoms with van der Waals surface area (Å²) in [5.74, 6) is 3.40. The van der Waals surface area contributed by atoms with Crippen LogP contribution in [0.3, 0.4) is 0 Å². The quantitative estimate of drug-likeness (QED) is 0.775. The molecule has 0 N–H and O–H groups in total. The summed E-state index contributed by atoms with van der Waals surface area (Å²) in [6, 6.07) is 0.468. The van der Waals surface area contributed by atoms with Gasteiger partial charge < -0.3 is 0 Å². The van der Waals surface area contributed by atoms with Crippen LogP contribution in [0, 0.1) is 0 Å². The molecule has 1 aliphatic rings. The molecule has 0 radical (unpaired) electrons. The standard InChI is InChI=1S/C11H18ClN3S/c1-11(2,3)9-13-14-10(12)15(9)8-5-4-6-16-7-8/h8H,4-7H2,1-3H3. The van der Waals surface area contributed by atoms with Crippen LogP contribution in [0.5, 0.6) is 0 Å². The maximum atomic E-state index is 6.16. The van der Waals surface area contributed by atoms with Gasteiger partial charge in [0.05, 0.1) is 0 Å². The van der Waals surface area contributed by atoms with Gasteiger partial charge in [0.1, 0.15) is 5.82 Å². The lowest BCUT2D eigenvalue weighted by Gasteiger charge is -2.28. The first-order valence-corrected chi connectivity index (χ1v) is 7.22. The van der Waals surface area contributed by atoms with E-state index in [0.29, 0.717) is 11.3 Å². The lowest BCUT2D eigenvalue weighted by atomic mass is 9.95. The second-order valence-electron chi connectivity index (χ2n) is 5.28. The number of hydrogen-bond donors (Lipinski definition) is 0. The van der Waals surface area contributed by atoms with Crippen molar-refractivity contribution < 1.29 is 0 Å². The minimum absolute atomic E-state index is 0.00224. The van der Waals surface area contributed by atoms with E-state index in [1.807, 2.05) is 11.8 Å². The lowest BCUT2D eigenvalue weighted by Crippen LogP contribution is -2.25. The Hall–Kier alpha value is -0.220. The van der Waals surface area contributed by atoms with Crippen molar-refractivity contribution >= 4 is 23.4 Å². The van der Waals surface area contributed by atoms with Gasteiger partial charge in [-0.25, -0.2) is 0 Å². The zero-order valence-electron chi connectivity index (χ0n) is 10.0. The topological polar surface area (TPSA) is 30.7 Å². The normalized spacial score (nSPS) is 22.4. The molecule has 2 rings (SSSR count). The lowest BCUT2D eigenvalue weighted by molar-refractivity contribution is 0.431. The molecule has 0 aliphatic carbocycles. The molecule has 16 heavy (non-hydrogen) atoms. The molecular formula is C11H18ClN3S. The SMILES string of the molecule is CC(C)(C)c1nnc(Cl)n1C1CCCSC1. The zero-order chi connectivity index (χ0) is 11.8. The highest BCUT2D eigenvalue weighted by molar-refractivity contribution is 7.99. The Morgan fingerprint density at radius 2 is 2.12 bits per heavy atom. The van der Waals surface area contributed by atoms with E-state index in [-0.39, 0.29) is 5.41 Å². The number of hydrogen-bond acceptors (Lipinski definition) is 3. The molecule has 1 aliphatic heterocycles. The zero-order valence-corrected chi connectivity index (χ0v) is 11.6. The van der Waals surface area contributed by atoms with Crippen molar-refractivity contribution in [1.29, 1.82) is 0 Å². The summed E-state index contributed by atoms with van der Waals surface area (Å²) in [6.45, 7) is 6.46. The van der Waals surface area contributed by atoms with Gasteiger partial charge in [-0.15, -0.1) is 10.2 Å². The van der Waals surface area contributed by atoms with E-state index in [9.17, 15) is 0 Å². The van der Waals surface area contributed by atoms with Gasteiger partial charge in [0.15, 0.2) is 0 Å². The third-order valence-electron chi connectivity index (χ3n) is 2.83. The smallest absolute Gasteiger partial charge is 0.225 e. The highest BCUT2D eigenvalue weighted by Gasteiger charge is 2.28. The third kappa shape index (κ3) is 2.38. The second-order valence-corrected chi connectivity index (χ2v) is 6.77. The largest absolute Gasteiger partial charge is 0.297 e. The van der Waals surface area contributed by atoms with Crippen LogP contribution in [0.2, 0.25) is 5.28 Å². The first-order chi connectivity index (χ1) is 7.50. The summed E-state index contributed by atoms with van der Waals surface area (Å²) in [6.07, 6.45) is 2.45. The van der Waals surface area contributed by atoms with Crippen LogP contribution in [-0.2, 0) is 5.41 Å². The number of rotatable bonds is 1. The summed E-state index contributed by atoms with van der Waals surface area (Å²) < 4.78 is 2.13. The van der Waals surface area contributed by atoms with Gasteiger partial charge in [-0.3, -0.25) is 4.57 Å². The minimum Gasteiger partial charge on any atom is -0.297 e. The first kappa shape index (κ1) is 12.2. The average Bonchev–Trinajstić information content (AvgIpc) is 2.61. The van der Waals surface area contributed by atoms with E-state index in [2.05, 4.69) is 35.5 Å². The van der Waals surface area contributed by atoms with E-state index < -0.39 is 0 Å². The summed E-state index contributed by atoms with van der Waals surface area (Å²) in [5.41, 5.74) is 0.00224. The van der Waals surface area contributed by atoms with Crippen molar-refractivity contribution in [2.24, 2.45) is 0 Å². The van der Waals surface area contributed by atoms with Gasteiger partial charge in [-0.1, -0.05) is 20.8 Å². The van der Waals surface area contributed by atoms with Crippen LogP contribution in [-0.4, -0.2) is 26.3 Å². The third-order valence-corrected chi connectivity index (χ3v) is 4.28. The fourth-order valence-corrected chi connectivity index (χ4v) is 3.42. The van der Waals surface area contributed by atoms with Crippen molar-refractivity contribution in [2.75, 3.05) is 11.5 Å². The molecule has 1 saturated heterocycles. The van der Waals surface area contributed by atoms with E-state index in [1.54, 1.807) is 0 Å².